The van der Waals surface area contributed by atoms with E-state index in [1.807, 2.05) is 0 Å². The highest BCUT2D eigenvalue weighted by molar-refractivity contribution is 6.36. The monoisotopic (exact) mass is 296 g/mol. The molecule has 98 valence electrons. The topological polar surface area (TPSA) is 17.1 Å². The van der Waals surface area contributed by atoms with Crippen molar-refractivity contribution >= 4 is 29.0 Å². The van der Waals surface area contributed by atoms with Gasteiger partial charge in [0.05, 0.1) is 0 Å². The minimum atomic E-state index is -0.357. The lowest BCUT2D eigenvalue weighted by Gasteiger charge is -2.08. The van der Waals surface area contributed by atoms with Crippen LogP contribution in [0.3, 0.4) is 0 Å². The normalized spacial score (nSPS) is 10.5. The summed E-state index contributed by atoms with van der Waals surface area (Å²) in [6.07, 6.45) is 0.102. The van der Waals surface area contributed by atoms with Crippen molar-refractivity contribution in [2.45, 2.75) is 13.3 Å². The number of benzene rings is 2. The number of carbonyl (C=O) groups excluding carboxylic acids is 1. The molecule has 0 fully saturated rings. The molecule has 0 aromatic heterocycles. The summed E-state index contributed by atoms with van der Waals surface area (Å²) < 4.78 is 13.0. The third kappa shape index (κ3) is 3.14. The summed E-state index contributed by atoms with van der Waals surface area (Å²) in [6, 6.07) is 9.19. The van der Waals surface area contributed by atoms with E-state index < -0.39 is 0 Å². The lowest BCUT2D eigenvalue weighted by molar-refractivity contribution is 0.0992. The van der Waals surface area contributed by atoms with Crippen LogP contribution in [0.15, 0.2) is 36.4 Å². The molecule has 0 saturated heterocycles. The first-order chi connectivity index (χ1) is 8.99. The fourth-order valence-corrected chi connectivity index (χ4v) is 2.43. The molecule has 1 nitrogen and oxygen atoms in total. The average molecular weight is 297 g/mol. The summed E-state index contributed by atoms with van der Waals surface area (Å²) in [5.41, 5.74) is 1.69. The van der Waals surface area contributed by atoms with Crippen molar-refractivity contribution in [2.24, 2.45) is 0 Å². The number of halogens is 3. The molecule has 4 heteroatoms. The minimum Gasteiger partial charge on any atom is -0.294 e. The summed E-state index contributed by atoms with van der Waals surface area (Å²) >= 11 is 12.1. The highest BCUT2D eigenvalue weighted by atomic mass is 35.5. The highest BCUT2D eigenvalue weighted by Gasteiger charge is 2.14. The predicted octanol–water partition coefficient (Wildman–Crippen LogP) is 4.87. The van der Waals surface area contributed by atoms with Crippen molar-refractivity contribution in [3.63, 3.8) is 0 Å². The Labute approximate surface area is 121 Å². The molecule has 0 bridgehead atoms. The molecule has 2 rings (SSSR count). The predicted molar refractivity (Wildman–Crippen MR) is 75.6 cm³/mol. The van der Waals surface area contributed by atoms with Crippen LogP contribution in [-0.4, -0.2) is 5.78 Å². The molecule has 0 aliphatic heterocycles. The van der Waals surface area contributed by atoms with Gasteiger partial charge in [0.15, 0.2) is 5.78 Å². The van der Waals surface area contributed by atoms with E-state index in [1.54, 1.807) is 25.1 Å². The van der Waals surface area contributed by atoms with Crippen molar-refractivity contribution in [1.82, 2.24) is 0 Å². The van der Waals surface area contributed by atoms with Crippen LogP contribution in [0, 0.1) is 12.7 Å². The molecule has 19 heavy (non-hydrogen) atoms. The van der Waals surface area contributed by atoms with Gasteiger partial charge in [0, 0.05) is 22.0 Å². The Morgan fingerprint density at radius 3 is 2.37 bits per heavy atom. The number of rotatable bonds is 3. The summed E-state index contributed by atoms with van der Waals surface area (Å²) in [7, 11) is 0. The highest BCUT2D eigenvalue weighted by Crippen LogP contribution is 2.26. The van der Waals surface area contributed by atoms with Gasteiger partial charge >= 0.3 is 0 Å². The molecule has 0 atom stereocenters. The van der Waals surface area contributed by atoms with Crippen molar-refractivity contribution in [3.05, 3.63) is 69.0 Å². The molecule has 0 N–H and O–H groups in total. The van der Waals surface area contributed by atoms with Crippen LogP contribution in [0.25, 0.3) is 0 Å². The van der Waals surface area contributed by atoms with Crippen LogP contribution in [0.5, 0.6) is 0 Å². The largest absolute Gasteiger partial charge is 0.294 e. The third-order valence-electron chi connectivity index (χ3n) is 2.89. The van der Waals surface area contributed by atoms with Gasteiger partial charge in [0.1, 0.15) is 5.82 Å². The van der Waals surface area contributed by atoms with E-state index in [9.17, 15) is 9.18 Å². The number of hydrogen-bond acceptors (Lipinski definition) is 1. The first-order valence-corrected chi connectivity index (χ1v) is 6.47. The van der Waals surface area contributed by atoms with Gasteiger partial charge in [0.2, 0.25) is 0 Å². The van der Waals surface area contributed by atoms with Gasteiger partial charge in [-0.1, -0.05) is 29.3 Å². The summed E-state index contributed by atoms with van der Waals surface area (Å²) in [5.74, 6) is -0.489. The second kappa shape index (κ2) is 5.72. The zero-order valence-electron chi connectivity index (χ0n) is 10.2. The van der Waals surface area contributed by atoms with Gasteiger partial charge in [-0.05, 0) is 48.4 Å². The Morgan fingerprint density at radius 1 is 1.16 bits per heavy atom. The van der Waals surface area contributed by atoms with Crippen LogP contribution < -0.4 is 0 Å². The molecule has 0 radical (unpaired) electrons. The van der Waals surface area contributed by atoms with E-state index >= 15 is 0 Å². The molecule has 0 aliphatic rings. The van der Waals surface area contributed by atoms with Gasteiger partial charge in [-0.15, -0.1) is 0 Å². The van der Waals surface area contributed by atoms with Gasteiger partial charge in [0.25, 0.3) is 0 Å². The maximum atomic E-state index is 13.0. The van der Waals surface area contributed by atoms with Gasteiger partial charge in [-0.2, -0.15) is 0 Å². The standard InChI is InChI=1S/C15H11Cl2FO/c1-9-7-10(18)5-6-11(9)15(19)8-12-13(16)3-2-4-14(12)17/h2-7H,8H2,1H3. The molecule has 0 unspecified atom stereocenters. The molecule has 2 aromatic carbocycles. The summed E-state index contributed by atoms with van der Waals surface area (Å²) in [6.45, 7) is 1.70. The number of Topliss-reactive ketones (excluding diaryl/α,β-unsaturated/α-hetero) is 1. The van der Waals surface area contributed by atoms with Crippen molar-refractivity contribution < 1.29 is 9.18 Å². The summed E-state index contributed by atoms with van der Waals surface area (Å²) in [4.78, 5) is 12.2. The van der Waals surface area contributed by atoms with E-state index in [1.165, 1.54) is 18.2 Å². The lowest BCUT2D eigenvalue weighted by Crippen LogP contribution is -2.07. The maximum Gasteiger partial charge on any atom is 0.167 e. The maximum absolute atomic E-state index is 13.0. The van der Waals surface area contributed by atoms with Crippen molar-refractivity contribution in [1.29, 1.82) is 0 Å². The molecular weight excluding hydrogens is 286 g/mol. The average Bonchev–Trinajstić information content (AvgIpc) is 2.33. The van der Waals surface area contributed by atoms with Crippen LogP contribution in [-0.2, 0) is 6.42 Å². The first kappa shape index (κ1) is 14.0. The Kier molecular flexibility index (Phi) is 4.23. The van der Waals surface area contributed by atoms with Gasteiger partial charge in [-0.3, -0.25) is 4.79 Å². The Hall–Kier alpha value is -1.38. The quantitative estimate of drug-likeness (QED) is 0.739. The van der Waals surface area contributed by atoms with E-state index in [4.69, 9.17) is 23.2 Å². The fraction of sp³-hybridized carbons (Fsp3) is 0.133. The lowest BCUT2D eigenvalue weighted by atomic mass is 9.99. The zero-order valence-corrected chi connectivity index (χ0v) is 11.7. The van der Waals surface area contributed by atoms with E-state index in [0.29, 0.717) is 26.7 Å². The third-order valence-corrected chi connectivity index (χ3v) is 3.60. The minimum absolute atomic E-state index is 0.102. The number of aryl methyl sites for hydroxylation is 1. The molecule has 0 amide bonds. The number of ketones is 1. The van der Waals surface area contributed by atoms with E-state index in [2.05, 4.69) is 0 Å². The van der Waals surface area contributed by atoms with Gasteiger partial charge < -0.3 is 0 Å². The van der Waals surface area contributed by atoms with Crippen molar-refractivity contribution in [2.75, 3.05) is 0 Å². The SMILES string of the molecule is Cc1cc(F)ccc1C(=O)Cc1c(Cl)cccc1Cl. The van der Waals surface area contributed by atoms with Crippen LogP contribution in [0.2, 0.25) is 10.0 Å². The zero-order chi connectivity index (χ0) is 14.0. The fourth-order valence-electron chi connectivity index (χ4n) is 1.90. The molecule has 2 aromatic rings. The molecular formula is C15H11Cl2FO. The summed E-state index contributed by atoms with van der Waals surface area (Å²) in [5, 5.41) is 0.918. The molecule has 0 saturated carbocycles. The van der Waals surface area contributed by atoms with Gasteiger partial charge in [-0.25, -0.2) is 4.39 Å². The first-order valence-electron chi connectivity index (χ1n) is 5.71. The van der Waals surface area contributed by atoms with E-state index in [0.717, 1.165) is 0 Å². The van der Waals surface area contributed by atoms with Crippen LogP contribution in [0.4, 0.5) is 4.39 Å². The smallest absolute Gasteiger partial charge is 0.167 e. The number of hydrogen-bond donors (Lipinski definition) is 0. The Morgan fingerprint density at radius 2 is 1.79 bits per heavy atom. The molecule has 0 aliphatic carbocycles. The van der Waals surface area contributed by atoms with Crippen molar-refractivity contribution in [3.8, 4) is 0 Å². The van der Waals surface area contributed by atoms with Crippen LogP contribution in [0.1, 0.15) is 21.5 Å². The van der Waals surface area contributed by atoms with Crippen LogP contribution >= 0.6 is 23.2 Å². The molecule has 0 heterocycles. The second-order valence-electron chi connectivity index (χ2n) is 4.26. The Bertz CT molecular complexity index is 618. The second-order valence-corrected chi connectivity index (χ2v) is 5.07. The Balaban J connectivity index is 2.31. The van der Waals surface area contributed by atoms with E-state index in [-0.39, 0.29) is 18.0 Å². The number of carbonyl (C=O) groups is 1. The molecule has 0 spiro atoms.